The number of carbonyl (C=O) groups is 1. The van der Waals surface area contributed by atoms with Crippen molar-refractivity contribution < 1.29 is 4.79 Å². The third-order valence-corrected chi connectivity index (χ3v) is 3.66. The van der Waals surface area contributed by atoms with Crippen LogP contribution in [0, 0.1) is 20.8 Å². The quantitative estimate of drug-likeness (QED) is 0.780. The molecule has 2 heterocycles. The normalized spacial score (nSPS) is 10.8. The van der Waals surface area contributed by atoms with E-state index in [9.17, 15) is 4.79 Å². The van der Waals surface area contributed by atoms with E-state index in [4.69, 9.17) is 0 Å². The Hall–Kier alpha value is -2.62. The molecule has 106 valence electrons. The van der Waals surface area contributed by atoms with Crippen molar-refractivity contribution >= 4 is 17.1 Å². The van der Waals surface area contributed by atoms with Gasteiger partial charge in [-0.1, -0.05) is 24.3 Å². The molecule has 0 bridgehead atoms. The van der Waals surface area contributed by atoms with Gasteiger partial charge in [0.25, 0.3) is 5.91 Å². The topological polar surface area (TPSA) is 46.4 Å². The summed E-state index contributed by atoms with van der Waals surface area (Å²) in [6, 6.07) is 11.7. The lowest BCUT2D eigenvalue weighted by Crippen LogP contribution is -2.14. The molecule has 0 aliphatic rings. The highest BCUT2D eigenvalue weighted by Gasteiger charge is 2.16. The first-order chi connectivity index (χ1) is 10.1. The molecule has 0 radical (unpaired) electrons. The zero-order chi connectivity index (χ0) is 15.0. The Morgan fingerprint density at radius 1 is 1.05 bits per heavy atom. The number of aryl methyl sites for hydroxylation is 3. The predicted molar refractivity (Wildman–Crippen MR) is 83.8 cm³/mol. The molecule has 1 N–H and O–H groups in total. The average molecular weight is 279 g/mol. The van der Waals surface area contributed by atoms with E-state index in [2.05, 4.69) is 10.3 Å². The zero-order valence-electron chi connectivity index (χ0n) is 12.3. The van der Waals surface area contributed by atoms with Crippen LogP contribution in [-0.4, -0.2) is 15.3 Å². The van der Waals surface area contributed by atoms with Crippen molar-refractivity contribution in [2.45, 2.75) is 20.8 Å². The third-order valence-electron chi connectivity index (χ3n) is 3.66. The highest BCUT2D eigenvalue weighted by atomic mass is 16.1. The minimum absolute atomic E-state index is 0.177. The lowest BCUT2D eigenvalue weighted by atomic mass is 10.1. The van der Waals surface area contributed by atoms with E-state index >= 15 is 0 Å². The first-order valence-corrected chi connectivity index (χ1v) is 6.89. The van der Waals surface area contributed by atoms with Crippen LogP contribution in [0.5, 0.6) is 0 Å². The minimum Gasteiger partial charge on any atom is -0.320 e. The number of hydrogen-bond acceptors (Lipinski definition) is 2. The number of imidazole rings is 1. The van der Waals surface area contributed by atoms with Gasteiger partial charge in [0.05, 0.1) is 5.52 Å². The van der Waals surface area contributed by atoms with Gasteiger partial charge in [-0.15, -0.1) is 0 Å². The molecule has 4 nitrogen and oxygen atoms in total. The number of pyridine rings is 1. The van der Waals surface area contributed by atoms with E-state index in [1.54, 1.807) is 0 Å². The van der Waals surface area contributed by atoms with E-state index in [0.29, 0.717) is 5.69 Å². The standard InChI is InChI=1S/C17H17N3O/c1-11-7-6-8-12(2)15(11)19-17(21)16-14-9-4-5-10-20(14)13(3)18-16/h4-10H,1-3H3,(H,19,21). The van der Waals surface area contributed by atoms with Crippen LogP contribution in [0.1, 0.15) is 27.4 Å². The summed E-state index contributed by atoms with van der Waals surface area (Å²) < 4.78 is 1.92. The first kappa shape index (κ1) is 13.4. The van der Waals surface area contributed by atoms with Crippen LogP contribution >= 0.6 is 0 Å². The van der Waals surface area contributed by atoms with Crippen molar-refractivity contribution in [1.82, 2.24) is 9.38 Å². The van der Waals surface area contributed by atoms with Crippen molar-refractivity contribution in [2.75, 3.05) is 5.32 Å². The Bertz CT molecular complexity index is 813. The number of rotatable bonds is 2. The van der Waals surface area contributed by atoms with Gasteiger partial charge in [-0.3, -0.25) is 4.79 Å². The van der Waals surface area contributed by atoms with Crippen LogP contribution in [0.15, 0.2) is 42.6 Å². The summed E-state index contributed by atoms with van der Waals surface area (Å²) in [5.41, 5.74) is 4.22. The van der Waals surface area contributed by atoms with Gasteiger partial charge < -0.3 is 9.72 Å². The van der Waals surface area contributed by atoms with Gasteiger partial charge in [0.1, 0.15) is 5.82 Å². The van der Waals surface area contributed by atoms with E-state index in [0.717, 1.165) is 28.2 Å². The third kappa shape index (κ3) is 2.29. The van der Waals surface area contributed by atoms with Crippen molar-refractivity contribution in [3.8, 4) is 0 Å². The molecule has 3 rings (SSSR count). The Balaban J connectivity index is 2.02. The van der Waals surface area contributed by atoms with Crippen LogP contribution in [-0.2, 0) is 0 Å². The first-order valence-electron chi connectivity index (χ1n) is 6.89. The molecule has 1 amide bonds. The van der Waals surface area contributed by atoms with Gasteiger partial charge in [-0.2, -0.15) is 0 Å². The van der Waals surface area contributed by atoms with Crippen LogP contribution in [0.2, 0.25) is 0 Å². The maximum atomic E-state index is 12.6. The number of fused-ring (bicyclic) bond motifs is 1. The SMILES string of the molecule is Cc1cccc(C)c1NC(=O)c1nc(C)n2ccccc12. The number of amides is 1. The number of aromatic nitrogens is 2. The van der Waals surface area contributed by atoms with Crippen molar-refractivity contribution in [1.29, 1.82) is 0 Å². The molecule has 0 spiro atoms. The van der Waals surface area contributed by atoms with Gasteiger partial charge in [-0.05, 0) is 44.0 Å². The van der Waals surface area contributed by atoms with Crippen molar-refractivity contribution in [2.24, 2.45) is 0 Å². The highest BCUT2D eigenvalue weighted by molar-refractivity contribution is 6.08. The summed E-state index contributed by atoms with van der Waals surface area (Å²) in [5, 5.41) is 2.99. The van der Waals surface area contributed by atoms with Crippen LogP contribution in [0.4, 0.5) is 5.69 Å². The molecule has 2 aromatic heterocycles. The summed E-state index contributed by atoms with van der Waals surface area (Å²) in [6.07, 6.45) is 1.91. The zero-order valence-corrected chi connectivity index (χ0v) is 12.3. The van der Waals surface area contributed by atoms with Crippen molar-refractivity contribution in [3.05, 3.63) is 65.2 Å². The smallest absolute Gasteiger partial charge is 0.276 e. The summed E-state index contributed by atoms with van der Waals surface area (Å²) in [4.78, 5) is 17.0. The van der Waals surface area contributed by atoms with E-state index in [-0.39, 0.29) is 5.91 Å². The van der Waals surface area contributed by atoms with Gasteiger partial charge in [0.2, 0.25) is 0 Å². The predicted octanol–water partition coefficient (Wildman–Crippen LogP) is 3.51. The second-order valence-electron chi connectivity index (χ2n) is 5.18. The van der Waals surface area contributed by atoms with Crippen LogP contribution in [0.25, 0.3) is 5.52 Å². The lowest BCUT2D eigenvalue weighted by molar-refractivity contribution is 0.102. The van der Waals surface area contributed by atoms with E-state index in [1.807, 2.05) is 67.8 Å². The number of nitrogens with zero attached hydrogens (tertiary/aromatic N) is 2. The van der Waals surface area contributed by atoms with Gasteiger partial charge in [-0.25, -0.2) is 4.98 Å². The molecule has 3 aromatic rings. The molecule has 0 saturated carbocycles. The number of carbonyl (C=O) groups excluding carboxylic acids is 1. The highest BCUT2D eigenvalue weighted by Crippen LogP contribution is 2.21. The van der Waals surface area contributed by atoms with Crippen molar-refractivity contribution in [3.63, 3.8) is 0 Å². The van der Waals surface area contributed by atoms with Gasteiger partial charge in [0.15, 0.2) is 5.69 Å². The van der Waals surface area contributed by atoms with Crippen LogP contribution < -0.4 is 5.32 Å². The maximum Gasteiger partial charge on any atom is 0.276 e. The number of benzene rings is 1. The lowest BCUT2D eigenvalue weighted by Gasteiger charge is -2.10. The molecule has 1 aromatic carbocycles. The number of hydrogen-bond donors (Lipinski definition) is 1. The second-order valence-corrected chi connectivity index (χ2v) is 5.18. The Kier molecular flexibility index (Phi) is 3.22. The average Bonchev–Trinajstić information content (AvgIpc) is 2.81. The molecular weight excluding hydrogens is 262 g/mol. The molecule has 0 fully saturated rings. The summed E-state index contributed by atoms with van der Waals surface area (Å²) in [6.45, 7) is 5.86. The van der Waals surface area contributed by atoms with Gasteiger partial charge in [0, 0.05) is 11.9 Å². The number of anilines is 1. The fourth-order valence-corrected chi connectivity index (χ4v) is 2.54. The fourth-order valence-electron chi connectivity index (χ4n) is 2.54. The largest absolute Gasteiger partial charge is 0.320 e. The molecule has 0 unspecified atom stereocenters. The molecule has 0 atom stereocenters. The molecule has 0 aliphatic heterocycles. The summed E-state index contributed by atoms with van der Waals surface area (Å²) in [5.74, 6) is 0.626. The maximum absolute atomic E-state index is 12.6. The fraction of sp³-hybridized carbons (Fsp3) is 0.176. The molecule has 0 saturated heterocycles. The van der Waals surface area contributed by atoms with E-state index < -0.39 is 0 Å². The summed E-state index contributed by atoms with van der Waals surface area (Å²) in [7, 11) is 0. The molecular formula is C17H17N3O. The molecule has 21 heavy (non-hydrogen) atoms. The van der Waals surface area contributed by atoms with Crippen LogP contribution in [0.3, 0.4) is 0 Å². The summed E-state index contributed by atoms with van der Waals surface area (Å²) >= 11 is 0. The number of para-hydroxylation sites is 1. The Morgan fingerprint density at radius 2 is 1.76 bits per heavy atom. The molecule has 4 heteroatoms. The molecule has 0 aliphatic carbocycles. The minimum atomic E-state index is -0.177. The number of nitrogens with one attached hydrogen (secondary N) is 1. The Labute approximate surface area is 123 Å². The second kappa shape index (κ2) is 5.05. The monoisotopic (exact) mass is 279 g/mol. The van der Waals surface area contributed by atoms with E-state index in [1.165, 1.54) is 0 Å². The Morgan fingerprint density at radius 3 is 2.48 bits per heavy atom. The van der Waals surface area contributed by atoms with Gasteiger partial charge >= 0.3 is 0 Å².